The van der Waals surface area contributed by atoms with Gasteiger partial charge in [-0.05, 0) is 34.9 Å². The van der Waals surface area contributed by atoms with Crippen LogP contribution in [-0.2, 0) is 0 Å². The van der Waals surface area contributed by atoms with Gasteiger partial charge in [0.05, 0.1) is 0 Å². The van der Waals surface area contributed by atoms with Crippen LogP contribution in [0.2, 0.25) is 0 Å². The van der Waals surface area contributed by atoms with Gasteiger partial charge in [-0.2, -0.15) is 0 Å². The fraction of sp³-hybridized carbons (Fsp3) is 0. The third-order valence-electron chi connectivity index (χ3n) is 3.02. The molecule has 1 aliphatic rings. The second-order valence-corrected chi connectivity index (χ2v) is 5.14. The lowest BCUT2D eigenvalue weighted by Gasteiger charge is -2.10. The van der Waals surface area contributed by atoms with Gasteiger partial charge >= 0.3 is 0 Å². The molecule has 0 saturated carbocycles. The number of hydrogen-bond acceptors (Lipinski definition) is 1. The fourth-order valence-corrected chi connectivity index (χ4v) is 2.48. The van der Waals surface area contributed by atoms with Gasteiger partial charge in [0.15, 0.2) is 0 Å². The molecule has 0 atom stereocenters. The largest absolute Gasteiger partial charge is 0.507 e. The molecule has 0 spiro atoms. The Labute approximate surface area is 114 Å². The lowest BCUT2D eigenvalue weighted by Crippen LogP contribution is -1.92. The SMILES string of the molecule is OC1=Cc2ccc(Br)cc2/C=C\c2ccccc21. The molecule has 3 rings (SSSR count). The van der Waals surface area contributed by atoms with E-state index in [2.05, 4.69) is 22.0 Å². The van der Waals surface area contributed by atoms with Gasteiger partial charge in [-0.15, -0.1) is 0 Å². The number of halogens is 1. The quantitative estimate of drug-likeness (QED) is 0.726. The minimum Gasteiger partial charge on any atom is -0.507 e. The van der Waals surface area contributed by atoms with Gasteiger partial charge in [0.2, 0.25) is 0 Å². The molecule has 0 fully saturated rings. The van der Waals surface area contributed by atoms with Crippen LogP contribution in [0.1, 0.15) is 22.3 Å². The van der Waals surface area contributed by atoms with E-state index in [1.807, 2.05) is 54.6 Å². The summed E-state index contributed by atoms with van der Waals surface area (Å²) in [7, 11) is 0. The number of benzene rings is 2. The first-order valence-corrected chi connectivity index (χ1v) is 6.51. The van der Waals surface area contributed by atoms with E-state index in [9.17, 15) is 5.11 Å². The van der Waals surface area contributed by atoms with Gasteiger partial charge in [-0.1, -0.05) is 58.4 Å². The normalized spacial score (nSPS) is 14.8. The molecule has 88 valence electrons. The van der Waals surface area contributed by atoms with Gasteiger partial charge in [-0.25, -0.2) is 0 Å². The molecular weight excluding hydrogens is 288 g/mol. The molecule has 1 aliphatic carbocycles. The van der Waals surface area contributed by atoms with Crippen molar-refractivity contribution in [2.45, 2.75) is 0 Å². The van der Waals surface area contributed by atoms with E-state index >= 15 is 0 Å². The summed E-state index contributed by atoms with van der Waals surface area (Å²) < 4.78 is 1.03. The third-order valence-corrected chi connectivity index (χ3v) is 3.51. The standard InChI is InChI=1S/C16H11BrO/c17-14-8-7-13-10-16(18)15-4-2-1-3-11(15)5-6-12(13)9-14/h1-10,18H/b6-5-,11-5?,12-6?,13-10?,16-10?,16-15?. The van der Waals surface area contributed by atoms with Crippen LogP contribution in [0.4, 0.5) is 0 Å². The van der Waals surface area contributed by atoms with E-state index in [0.717, 1.165) is 26.7 Å². The van der Waals surface area contributed by atoms with Crippen LogP contribution in [0.3, 0.4) is 0 Å². The second kappa shape index (κ2) is 4.46. The predicted molar refractivity (Wildman–Crippen MR) is 80.0 cm³/mol. The summed E-state index contributed by atoms with van der Waals surface area (Å²) in [5.74, 6) is 0.304. The highest BCUT2D eigenvalue weighted by atomic mass is 79.9. The van der Waals surface area contributed by atoms with E-state index in [-0.39, 0.29) is 0 Å². The van der Waals surface area contributed by atoms with Crippen LogP contribution < -0.4 is 0 Å². The topological polar surface area (TPSA) is 20.2 Å². The van der Waals surface area contributed by atoms with Crippen molar-refractivity contribution >= 4 is 39.9 Å². The molecule has 0 heterocycles. The van der Waals surface area contributed by atoms with Gasteiger partial charge < -0.3 is 5.11 Å². The predicted octanol–water partition coefficient (Wildman–Crippen LogP) is 4.99. The summed E-state index contributed by atoms with van der Waals surface area (Å²) in [4.78, 5) is 0. The van der Waals surface area contributed by atoms with Crippen molar-refractivity contribution in [1.82, 2.24) is 0 Å². The first-order chi connectivity index (χ1) is 8.74. The molecule has 2 heteroatoms. The highest BCUT2D eigenvalue weighted by Gasteiger charge is 2.08. The molecule has 0 aromatic heterocycles. The zero-order chi connectivity index (χ0) is 12.5. The number of rotatable bonds is 0. The average molecular weight is 299 g/mol. The first kappa shape index (κ1) is 11.3. The smallest absolute Gasteiger partial charge is 0.124 e. The zero-order valence-corrected chi connectivity index (χ0v) is 11.2. The third kappa shape index (κ3) is 2.00. The van der Waals surface area contributed by atoms with E-state index in [0.29, 0.717) is 5.76 Å². The van der Waals surface area contributed by atoms with Crippen LogP contribution in [0.15, 0.2) is 46.9 Å². The number of aliphatic hydroxyl groups is 1. The monoisotopic (exact) mass is 298 g/mol. The lowest BCUT2D eigenvalue weighted by molar-refractivity contribution is 0.515. The molecule has 0 aliphatic heterocycles. The van der Waals surface area contributed by atoms with Crippen molar-refractivity contribution in [3.63, 3.8) is 0 Å². The highest BCUT2D eigenvalue weighted by Crippen LogP contribution is 2.28. The second-order valence-electron chi connectivity index (χ2n) is 4.22. The van der Waals surface area contributed by atoms with Crippen molar-refractivity contribution in [2.75, 3.05) is 0 Å². The minimum absolute atomic E-state index is 0.304. The molecule has 2 aromatic rings. The van der Waals surface area contributed by atoms with Crippen molar-refractivity contribution < 1.29 is 5.11 Å². The number of hydrogen-bond donors (Lipinski definition) is 1. The molecule has 1 nitrogen and oxygen atoms in total. The van der Waals surface area contributed by atoms with Crippen LogP contribution >= 0.6 is 15.9 Å². The lowest BCUT2D eigenvalue weighted by atomic mass is 9.97. The van der Waals surface area contributed by atoms with Gasteiger partial charge in [-0.3, -0.25) is 0 Å². The molecule has 2 aromatic carbocycles. The van der Waals surface area contributed by atoms with E-state index < -0.39 is 0 Å². The summed E-state index contributed by atoms with van der Waals surface area (Å²) in [6, 6.07) is 13.8. The molecule has 0 amide bonds. The Balaban J connectivity index is 2.24. The Kier molecular flexibility index (Phi) is 2.80. The Morgan fingerprint density at radius 3 is 2.50 bits per heavy atom. The van der Waals surface area contributed by atoms with Crippen LogP contribution in [0, 0.1) is 0 Å². The van der Waals surface area contributed by atoms with Crippen LogP contribution in [-0.4, -0.2) is 5.11 Å². The van der Waals surface area contributed by atoms with Crippen LogP contribution in [0.25, 0.3) is 24.0 Å². The van der Waals surface area contributed by atoms with E-state index in [1.54, 1.807) is 0 Å². The average Bonchev–Trinajstić information content (AvgIpc) is 2.37. The molecule has 1 N–H and O–H groups in total. The maximum absolute atomic E-state index is 10.2. The fourth-order valence-electron chi connectivity index (χ4n) is 2.10. The molecular formula is C16H11BrO. The number of aliphatic hydroxyl groups excluding tert-OH is 1. The molecule has 0 saturated heterocycles. The van der Waals surface area contributed by atoms with Gasteiger partial charge in [0.1, 0.15) is 5.76 Å². The highest BCUT2D eigenvalue weighted by molar-refractivity contribution is 9.10. The summed E-state index contributed by atoms with van der Waals surface area (Å²) >= 11 is 3.47. The zero-order valence-electron chi connectivity index (χ0n) is 9.60. The molecule has 18 heavy (non-hydrogen) atoms. The summed E-state index contributed by atoms with van der Waals surface area (Å²) in [6.45, 7) is 0. The molecule has 0 unspecified atom stereocenters. The van der Waals surface area contributed by atoms with Crippen LogP contribution in [0.5, 0.6) is 0 Å². The summed E-state index contributed by atoms with van der Waals surface area (Å²) in [5.41, 5.74) is 3.99. The van der Waals surface area contributed by atoms with Crippen molar-refractivity contribution in [1.29, 1.82) is 0 Å². The maximum atomic E-state index is 10.2. The maximum Gasteiger partial charge on any atom is 0.124 e. The summed E-state index contributed by atoms with van der Waals surface area (Å²) in [5, 5.41) is 10.2. The Bertz CT molecular complexity index is 669. The van der Waals surface area contributed by atoms with Gasteiger partial charge in [0.25, 0.3) is 0 Å². The molecule has 0 radical (unpaired) electrons. The Hall–Kier alpha value is -1.80. The van der Waals surface area contributed by atoms with E-state index in [4.69, 9.17) is 0 Å². The Morgan fingerprint density at radius 1 is 0.833 bits per heavy atom. The van der Waals surface area contributed by atoms with Crippen molar-refractivity contribution in [3.05, 3.63) is 69.2 Å². The molecule has 0 bridgehead atoms. The van der Waals surface area contributed by atoms with Gasteiger partial charge in [0, 0.05) is 10.0 Å². The van der Waals surface area contributed by atoms with Crippen molar-refractivity contribution in [2.24, 2.45) is 0 Å². The minimum atomic E-state index is 0.304. The van der Waals surface area contributed by atoms with E-state index in [1.165, 1.54) is 0 Å². The first-order valence-electron chi connectivity index (χ1n) is 5.72. The summed E-state index contributed by atoms with van der Waals surface area (Å²) in [6.07, 6.45) is 5.91. The van der Waals surface area contributed by atoms with Crippen molar-refractivity contribution in [3.8, 4) is 0 Å². The number of fused-ring (bicyclic) bond motifs is 2. The Morgan fingerprint density at radius 2 is 1.61 bits per heavy atom.